The quantitative estimate of drug-likeness (QED) is 0.561. The van der Waals surface area contributed by atoms with Crippen LogP contribution in [0.25, 0.3) is 0 Å². The number of carbonyl (C=O) groups is 1. The number of hydrogen-bond donors (Lipinski definition) is 1. The topological polar surface area (TPSA) is 47.6 Å². The molecule has 0 amide bonds. The SMILES string of the molecule is CCOC(=O)CCCOc1ccccc1NCc1ccccc1. The van der Waals surface area contributed by atoms with E-state index in [-0.39, 0.29) is 5.97 Å². The van der Waals surface area contributed by atoms with E-state index in [0.717, 1.165) is 18.0 Å². The summed E-state index contributed by atoms with van der Waals surface area (Å²) in [6, 6.07) is 18.0. The first kappa shape index (κ1) is 16.9. The minimum atomic E-state index is -0.174. The van der Waals surface area contributed by atoms with E-state index in [4.69, 9.17) is 9.47 Å². The number of nitrogens with one attached hydrogen (secondary N) is 1. The molecule has 0 aliphatic heterocycles. The summed E-state index contributed by atoms with van der Waals surface area (Å²) in [5, 5.41) is 3.38. The van der Waals surface area contributed by atoms with Crippen LogP contribution in [0.2, 0.25) is 0 Å². The Bertz CT molecular complexity index is 599. The Hall–Kier alpha value is -2.49. The second-order valence-corrected chi connectivity index (χ2v) is 5.09. The van der Waals surface area contributed by atoms with Gasteiger partial charge in [-0.1, -0.05) is 42.5 Å². The molecule has 0 radical (unpaired) electrons. The zero-order valence-corrected chi connectivity index (χ0v) is 13.5. The number of anilines is 1. The Balaban J connectivity index is 1.81. The molecule has 0 unspecified atom stereocenters. The first-order valence-corrected chi connectivity index (χ1v) is 7.95. The lowest BCUT2D eigenvalue weighted by Crippen LogP contribution is -2.08. The Kier molecular flexibility index (Phi) is 6.98. The lowest BCUT2D eigenvalue weighted by Gasteiger charge is -2.13. The van der Waals surface area contributed by atoms with Gasteiger partial charge in [0, 0.05) is 13.0 Å². The monoisotopic (exact) mass is 313 g/mol. The summed E-state index contributed by atoms with van der Waals surface area (Å²) in [5.74, 6) is 0.624. The summed E-state index contributed by atoms with van der Waals surface area (Å²) in [7, 11) is 0. The third-order valence-corrected chi connectivity index (χ3v) is 3.30. The van der Waals surface area contributed by atoms with Crippen molar-refractivity contribution in [2.24, 2.45) is 0 Å². The lowest BCUT2D eigenvalue weighted by atomic mass is 10.2. The molecule has 0 atom stereocenters. The lowest BCUT2D eigenvalue weighted by molar-refractivity contribution is -0.143. The minimum absolute atomic E-state index is 0.174. The van der Waals surface area contributed by atoms with Crippen LogP contribution in [0, 0.1) is 0 Å². The third kappa shape index (κ3) is 6.02. The van der Waals surface area contributed by atoms with Gasteiger partial charge in [0.15, 0.2) is 0 Å². The number of carbonyl (C=O) groups excluding carboxylic acids is 1. The van der Waals surface area contributed by atoms with E-state index < -0.39 is 0 Å². The average molecular weight is 313 g/mol. The molecule has 122 valence electrons. The average Bonchev–Trinajstić information content (AvgIpc) is 2.59. The van der Waals surface area contributed by atoms with Crippen molar-refractivity contribution < 1.29 is 14.3 Å². The van der Waals surface area contributed by atoms with Crippen LogP contribution in [0.15, 0.2) is 54.6 Å². The van der Waals surface area contributed by atoms with Crippen molar-refractivity contribution in [3.05, 3.63) is 60.2 Å². The molecule has 1 N–H and O–H groups in total. The molecule has 0 saturated carbocycles. The van der Waals surface area contributed by atoms with E-state index in [1.165, 1.54) is 5.56 Å². The summed E-state index contributed by atoms with van der Waals surface area (Å²) in [6.45, 7) is 3.46. The van der Waals surface area contributed by atoms with E-state index in [2.05, 4.69) is 17.4 Å². The first-order chi connectivity index (χ1) is 11.3. The van der Waals surface area contributed by atoms with Crippen LogP contribution in [-0.2, 0) is 16.1 Å². The molecule has 4 heteroatoms. The van der Waals surface area contributed by atoms with Gasteiger partial charge in [-0.05, 0) is 31.0 Å². The standard InChI is InChI=1S/C19H23NO3/c1-2-22-19(21)13-8-14-23-18-12-7-6-11-17(18)20-15-16-9-4-3-5-10-16/h3-7,9-12,20H,2,8,13-15H2,1H3. The first-order valence-electron chi connectivity index (χ1n) is 7.95. The molecule has 0 aromatic heterocycles. The van der Waals surface area contributed by atoms with Crippen LogP contribution in [0.4, 0.5) is 5.69 Å². The van der Waals surface area contributed by atoms with Crippen molar-refractivity contribution in [2.75, 3.05) is 18.5 Å². The van der Waals surface area contributed by atoms with Crippen molar-refractivity contribution in [1.29, 1.82) is 0 Å². The number of hydrogen-bond acceptors (Lipinski definition) is 4. The molecule has 2 rings (SSSR count). The zero-order chi connectivity index (χ0) is 16.3. The number of rotatable bonds is 9. The number of para-hydroxylation sites is 2. The normalized spacial score (nSPS) is 10.1. The third-order valence-electron chi connectivity index (χ3n) is 3.30. The fraction of sp³-hybridized carbons (Fsp3) is 0.316. The van der Waals surface area contributed by atoms with E-state index in [9.17, 15) is 4.79 Å². The maximum Gasteiger partial charge on any atom is 0.305 e. The zero-order valence-electron chi connectivity index (χ0n) is 13.5. The molecule has 2 aromatic carbocycles. The van der Waals surface area contributed by atoms with Gasteiger partial charge in [-0.3, -0.25) is 4.79 Å². The summed E-state index contributed by atoms with van der Waals surface area (Å²) >= 11 is 0. The maximum absolute atomic E-state index is 11.3. The van der Waals surface area contributed by atoms with Gasteiger partial charge in [-0.15, -0.1) is 0 Å². The molecular weight excluding hydrogens is 290 g/mol. The van der Waals surface area contributed by atoms with E-state index in [0.29, 0.717) is 26.1 Å². The van der Waals surface area contributed by atoms with Crippen molar-refractivity contribution >= 4 is 11.7 Å². The van der Waals surface area contributed by atoms with Gasteiger partial charge in [0.25, 0.3) is 0 Å². The van der Waals surface area contributed by atoms with Crippen molar-refractivity contribution in [1.82, 2.24) is 0 Å². The molecule has 4 nitrogen and oxygen atoms in total. The Morgan fingerprint density at radius 1 is 1.04 bits per heavy atom. The van der Waals surface area contributed by atoms with Crippen LogP contribution in [0.5, 0.6) is 5.75 Å². The van der Waals surface area contributed by atoms with Gasteiger partial charge >= 0.3 is 5.97 Å². The van der Waals surface area contributed by atoms with Gasteiger partial charge in [-0.2, -0.15) is 0 Å². The van der Waals surface area contributed by atoms with Gasteiger partial charge in [0.05, 0.1) is 18.9 Å². The second kappa shape index (κ2) is 9.51. The van der Waals surface area contributed by atoms with Gasteiger partial charge in [0.1, 0.15) is 5.75 Å². The fourth-order valence-electron chi connectivity index (χ4n) is 2.16. The molecule has 0 saturated heterocycles. The van der Waals surface area contributed by atoms with Crippen LogP contribution in [0.3, 0.4) is 0 Å². The molecule has 0 aliphatic carbocycles. The molecule has 23 heavy (non-hydrogen) atoms. The Morgan fingerprint density at radius 2 is 1.78 bits per heavy atom. The molecule has 0 bridgehead atoms. The maximum atomic E-state index is 11.3. The van der Waals surface area contributed by atoms with E-state index in [1.807, 2.05) is 49.4 Å². The molecule has 0 fully saturated rings. The summed E-state index contributed by atoms with van der Waals surface area (Å²) in [4.78, 5) is 11.3. The van der Waals surface area contributed by atoms with Gasteiger partial charge < -0.3 is 14.8 Å². The highest BCUT2D eigenvalue weighted by Gasteiger charge is 2.05. The van der Waals surface area contributed by atoms with E-state index >= 15 is 0 Å². The largest absolute Gasteiger partial charge is 0.491 e. The van der Waals surface area contributed by atoms with Crippen molar-refractivity contribution in [3.63, 3.8) is 0 Å². The Labute approximate surface area is 137 Å². The van der Waals surface area contributed by atoms with Crippen LogP contribution in [0.1, 0.15) is 25.3 Å². The highest BCUT2D eigenvalue weighted by atomic mass is 16.5. The van der Waals surface area contributed by atoms with Crippen molar-refractivity contribution in [3.8, 4) is 5.75 Å². The van der Waals surface area contributed by atoms with Gasteiger partial charge in [0.2, 0.25) is 0 Å². The van der Waals surface area contributed by atoms with E-state index in [1.54, 1.807) is 0 Å². The summed E-state index contributed by atoms with van der Waals surface area (Å²) in [5.41, 5.74) is 2.16. The highest BCUT2D eigenvalue weighted by molar-refractivity contribution is 5.69. The summed E-state index contributed by atoms with van der Waals surface area (Å²) < 4.78 is 10.7. The smallest absolute Gasteiger partial charge is 0.305 e. The predicted octanol–water partition coefficient (Wildman–Crippen LogP) is 4.02. The number of ether oxygens (including phenoxy) is 2. The Morgan fingerprint density at radius 3 is 2.57 bits per heavy atom. The van der Waals surface area contributed by atoms with Crippen LogP contribution in [-0.4, -0.2) is 19.2 Å². The van der Waals surface area contributed by atoms with Crippen LogP contribution >= 0.6 is 0 Å². The van der Waals surface area contributed by atoms with Crippen molar-refractivity contribution in [2.45, 2.75) is 26.3 Å². The molecule has 2 aromatic rings. The molecule has 0 spiro atoms. The second-order valence-electron chi connectivity index (χ2n) is 5.09. The molecule has 0 aliphatic rings. The predicted molar refractivity (Wildman–Crippen MR) is 91.6 cm³/mol. The summed E-state index contributed by atoms with van der Waals surface area (Å²) in [6.07, 6.45) is 1.03. The fourth-order valence-corrected chi connectivity index (χ4v) is 2.16. The van der Waals surface area contributed by atoms with Crippen LogP contribution < -0.4 is 10.1 Å². The van der Waals surface area contributed by atoms with Gasteiger partial charge in [-0.25, -0.2) is 0 Å². The number of esters is 1. The molecular formula is C19H23NO3. The number of benzene rings is 2. The minimum Gasteiger partial charge on any atom is -0.491 e. The molecule has 0 heterocycles. The highest BCUT2D eigenvalue weighted by Crippen LogP contribution is 2.24.